The monoisotopic (exact) mass is 476 g/mol. The molecule has 0 saturated carbocycles. The van der Waals surface area contributed by atoms with Crippen LogP contribution >= 0.6 is 34.2 Å². The molecule has 0 aliphatic rings. The number of carbonyl (C=O) groups is 1. The Bertz CT molecular complexity index is 955. The van der Waals surface area contributed by atoms with Crippen LogP contribution in [0.25, 0.3) is 6.08 Å². The van der Waals surface area contributed by atoms with Gasteiger partial charge in [-0.1, -0.05) is 29.7 Å². The molecular formula is C20H14ClIN2O2. The minimum atomic E-state index is -0.505. The first-order chi connectivity index (χ1) is 12.4. The van der Waals surface area contributed by atoms with Gasteiger partial charge in [-0.2, -0.15) is 5.26 Å². The molecule has 0 bridgehead atoms. The second-order valence-electron chi connectivity index (χ2n) is 5.27. The number of hydrogen-bond acceptors (Lipinski definition) is 3. The second kappa shape index (κ2) is 9.28. The third kappa shape index (κ3) is 5.26. The minimum absolute atomic E-state index is 0.0187. The van der Waals surface area contributed by atoms with Gasteiger partial charge in [-0.05, 0) is 71.0 Å². The first-order valence-corrected chi connectivity index (χ1v) is 8.95. The number of anilines is 1. The fourth-order valence-electron chi connectivity index (χ4n) is 2.03. The van der Waals surface area contributed by atoms with Crippen molar-refractivity contribution in [1.29, 1.82) is 5.26 Å². The summed E-state index contributed by atoms with van der Waals surface area (Å²) < 4.78 is 6.23. The summed E-state index contributed by atoms with van der Waals surface area (Å²) in [6.07, 6.45) is 6.69. The van der Waals surface area contributed by atoms with Crippen molar-refractivity contribution in [3.8, 4) is 24.2 Å². The number of ether oxygens (including phenoxy) is 1. The Kier molecular flexibility index (Phi) is 7.08. The summed E-state index contributed by atoms with van der Waals surface area (Å²) in [5.41, 5.74) is 2.12. The van der Waals surface area contributed by atoms with Crippen LogP contribution in [0.15, 0.2) is 42.0 Å². The predicted molar refractivity (Wildman–Crippen MR) is 112 cm³/mol. The van der Waals surface area contributed by atoms with Crippen molar-refractivity contribution in [3.63, 3.8) is 0 Å². The third-order valence-corrected chi connectivity index (χ3v) is 4.62. The smallest absolute Gasteiger partial charge is 0.266 e. The number of nitrogens with zero attached hydrogens (tertiary/aromatic N) is 1. The van der Waals surface area contributed by atoms with Crippen LogP contribution < -0.4 is 10.1 Å². The van der Waals surface area contributed by atoms with Crippen molar-refractivity contribution < 1.29 is 9.53 Å². The van der Waals surface area contributed by atoms with Gasteiger partial charge in [-0.25, -0.2) is 0 Å². The highest BCUT2D eigenvalue weighted by Gasteiger charge is 2.11. The van der Waals surface area contributed by atoms with Crippen LogP contribution in [0.3, 0.4) is 0 Å². The van der Waals surface area contributed by atoms with E-state index in [0.29, 0.717) is 22.0 Å². The highest BCUT2D eigenvalue weighted by Crippen LogP contribution is 2.24. The van der Waals surface area contributed by atoms with Crippen molar-refractivity contribution in [2.45, 2.75) is 6.92 Å². The Morgan fingerprint density at radius 3 is 2.77 bits per heavy atom. The average molecular weight is 477 g/mol. The van der Waals surface area contributed by atoms with Gasteiger partial charge in [-0.15, -0.1) is 6.42 Å². The van der Waals surface area contributed by atoms with E-state index in [1.165, 1.54) is 6.08 Å². The van der Waals surface area contributed by atoms with E-state index in [9.17, 15) is 10.1 Å². The molecular weight excluding hydrogens is 463 g/mol. The summed E-state index contributed by atoms with van der Waals surface area (Å²) in [5, 5.41) is 12.5. The molecule has 0 aliphatic heterocycles. The molecule has 0 atom stereocenters. The number of nitrogens with one attached hydrogen (secondary N) is 1. The molecule has 0 spiro atoms. The van der Waals surface area contributed by atoms with Gasteiger partial charge in [-0.3, -0.25) is 4.79 Å². The summed E-state index contributed by atoms with van der Waals surface area (Å²) in [4.78, 5) is 12.3. The zero-order chi connectivity index (χ0) is 19.1. The van der Waals surface area contributed by atoms with Gasteiger partial charge in [0.15, 0.2) is 0 Å². The molecule has 0 saturated heterocycles. The standard InChI is InChI=1S/C20H14ClIN2O2/c1-3-8-26-19-7-5-14(10-18(19)22)9-15(12-23)20(25)24-16-6-4-13(2)17(21)11-16/h1,4-7,9-11H,8H2,2H3,(H,24,25)/b15-9-. The van der Waals surface area contributed by atoms with Gasteiger partial charge in [0.05, 0.1) is 3.57 Å². The first-order valence-electron chi connectivity index (χ1n) is 7.49. The first kappa shape index (κ1) is 19.8. The molecule has 0 aliphatic carbocycles. The molecule has 4 nitrogen and oxygen atoms in total. The van der Waals surface area contributed by atoms with Gasteiger partial charge in [0.1, 0.15) is 24.0 Å². The molecule has 2 aromatic carbocycles. The maximum atomic E-state index is 12.3. The molecule has 1 amide bonds. The number of nitriles is 1. The maximum absolute atomic E-state index is 12.3. The van der Waals surface area contributed by atoms with Crippen LogP contribution in [0.2, 0.25) is 5.02 Å². The van der Waals surface area contributed by atoms with Crippen LogP contribution in [-0.2, 0) is 4.79 Å². The summed E-state index contributed by atoms with van der Waals surface area (Å²) >= 11 is 8.16. The Labute approximate surface area is 171 Å². The predicted octanol–water partition coefficient (Wildman–Crippen LogP) is 4.81. The van der Waals surface area contributed by atoms with E-state index < -0.39 is 5.91 Å². The lowest BCUT2D eigenvalue weighted by Gasteiger charge is -2.07. The molecule has 6 heteroatoms. The van der Waals surface area contributed by atoms with Gasteiger partial charge < -0.3 is 10.1 Å². The van der Waals surface area contributed by atoms with Gasteiger partial charge in [0.25, 0.3) is 5.91 Å². The van der Waals surface area contributed by atoms with Crippen molar-refractivity contribution >= 4 is 51.9 Å². The topological polar surface area (TPSA) is 62.1 Å². The quantitative estimate of drug-likeness (QED) is 0.292. The molecule has 130 valence electrons. The Hall–Kier alpha value is -2.48. The molecule has 0 heterocycles. The number of terminal acetylenes is 1. The normalized spacial score (nSPS) is 10.6. The van der Waals surface area contributed by atoms with Crippen LogP contribution in [0.5, 0.6) is 5.75 Å². The number of carbonyl (C=O) groups excluding carboxylic acids is 1. The molecule has 2 rings (SSSR count). The number of halogens is 2. The third-order valence-electron chi connectivity index (χ3n) is 3.37. The average Bonchev–Trinajstić information content (AvgIpc) is 2.62. The van der Waals surface area contributed by atoms with Crippen molar-refractivity contribution in [3.05, 3.63) is 61.7 Å². The fraction of sp³-hybridized carbons (Fsp3) is 0.100. The summed E-state index contributed by atoms with van der Waals surface area (Å²) in [7, 11) is 0. The van der Waals surface area contributed by atoms with Crippen LogP contribution in [-0.4, -0.2) is 12.5 Å². The second-order valence-corrected chi connectivity index (χ2v) is 6.84. The SMILES string of the molecule is C#CCOc1ccc(/C=C(/C#N)C(=O)Nc2ccc(C)c(Cl)c2)cc1I. The number of aryl methyl sites for hydroxylation is 1. The summed E-state index contributed by atoms with van der Waals surface area (Å²) in [5.74, 6) is 2.55. The Morgan fingerprint density at radius 2 is 2.15 bits per heavy atom. The highest BCUT2D eigenvalue weighted by atomic mass is 127. The molecule has 1 N–H and O–H groups in total. The Morgan fingerprint density at radius 1 is 1.38 bits per heavy atom. The van der Waals surface area contributed by atoms with E-state index in [-0.39, 0.29) is 12.2 Å². The van der Waals surface area contributed by atoms with Gasteiger partial charge in [0, 0.05) is 10.7 Å². The van der Waals surface area contributed by atoms with E-state index in [1.54, 1.807) is 36.4 Å². The van der Waals surface area contributed by atoms with Gasteiger partial charge >= 0.3 is 0 Å². The number of hydrogen-bond donors (Lipinski definition) is 1. The van der Waals surface area contributed by atoms with Crippen molar-refractivity contribution in [2.75, 3.05) is 11.9 Å². The van der Waals surface area contributed by atoms with E-state index in [0.717, 1.165) is 9.13 Å². The molecule has 0 fully saturated rings. The lowest BCUT2D eigenvalue weighted by atomic mass is 10.1. The van der Waals surface area contributed by atoms with E-state index in [1.807, 2.05) is 13.0 Å². The molecule has 0 aromatic heterocycles. The molecule has 0 unspecified atom stereocenters. The summed E-state index contributed by atoms with van der Waals surface area (Å²) in [6, 6.07) is 12.4. The van der Waals surface area contributed by atoms with Crippen molar-refractivity contribution in [1.82, 2.24) is 0 Å². The van der Waals surface area contributed by atoms with Crippen LogP contribution in [0.1, 0.15) is 11.1 Å². The minimum Gasteiger partial charge on any atom is -0.480 e. The number of benzene rings is 2. The Balaban J connectivity index is 2.20. The fourth-order valence-corrected chi connectivity index (χ4v) is 2.90. The lowest BCUT2D eigenvalue weighted by molar-refractivity contribution is -0.112. The largest absolute Gasteiger partial charge is 0.480 e. The number of amides is 1. The van der Waals surface area contributed by atoms with E-state index in [4.69, 9.17) is 22.8 Å². The van der Waals surface area contributed by atoms with Gasteiger partial charge in [0.2, 0.25) is 0 Å². The van der Waals surface area contributed by atoms with E-state index >= 15 is 0 Å². The molecule has 0 radical (unpaired) electrons. The van der Waals surface area contributed by atoms with E-state index in [2.05, 4.69) is 33.8 Å². The van der Waals surface area contributed by atoms with Crippen LogP contribution in [0.4, 0.5) is 5.69 Å². The number of rotatable bonds is 5. The van der Waals surface area contributed by atoms with Crippen molar-refractivity contribution in [2.24, 2.45) is 0 Å². The maximum Gasteiger partial charge on any atom is 0.266 e. The molecule has 26 heavy (non-hydrogen) atoms. The zero-order valence-electron chi connectivity index (χ0n) is 13.8. The van der Waals surface area contributed by atoms with Crippen LogP contribution in [0, 0.1) is 34.2 Å². The summed E-state index contributed by atoms with van der Waals surface area (Å²) in [6.45, 7) is 2.04. The zero-order valence-corrected chi connectivity index (χ0v) is 16.8. The molecule has 2 aromatic rings. The highest BCUT2D eigenvalue weighted by molar-refractivity contribution is 14.1. The lowest BCUT2D eigenvalue weighted by Crippen LogP contribution is -2.13.